The number of hydrogen-bond donors (Lipinski definition) is 2. The van der Waals surface area contributed by atoms with Gasteiger partial charge in [0.1, 0.15) is 5.69 Å². The molecule has 2 heterocycles. The average molecular weight is 340 g/mol. The number of hydrogen-bond acceptors (Lipinski definition) is 5. The number of benzene rings is 1. The molecule has 0 saturated carbocycles. The van der Waals surface area contributed by atoms with E-state index in [0.29, 0.717) is 18.2 Å². The zero-order valence-corrected chi connectivity index (χ0v) is 14.9. The Balaban J connectivity index is 1.70. The van der Waals surface area contributed by atoms with Crippen LogP contribution in [-0.4, -0.2) is 35.1 Å². The van der Waals surface area contributed by atoms with Gasteiger partial charge in [0.2, 0.25) is 5.95 Å². The van der Waals surface area contributed by atoms with Crippen molar-refractivity contribution in [3.8, 4) is 0 Å². The number of anilines is 2. The molecule has 1 amide bonds. The van der Waals surface area contributed by atoms with Crippen molar-refractivity contribution in [2.45, 2.75) is 39.7 Å². The van der Waals surface area contributed by atoms with Crippen LogP contribution < -0.4 is 10.6 Å². The van der Waals surface area contributed by atoms with Crippen LogP contribution in [0.1, 0.15) is 40.2 Å². The lowest BCUT2D eigenvalue weighted by atomic mass is 10.1. The minimum atomic E-state index is -0.240. The minimum Gasteiger partial charge on any atom is -0.376 e. The fourth-order valence-electron chi connectivity index (χ4n) is 3.02. The molecule has 1 saturated heterocycles. The van der Waals surface area contributed by atoms with Crippen LogP contribution in [0, 0.1) is 20.8 Å². The Morgan fingerprint density at radius 3 is 2.60 bits per heavy atom. The fourth-order valence-corrected chi connectivity index (χ4v) is 3.02. The Morgan fingerprint density at radius 1 is 1.16 bits per heavy atom. The summed E-state index contributed by atoms with van der Waals surface area (Å²) in [5, 5.41) is 6.09. The first-order chi connectivity index (χ1) is 12.0. The number of aryl methyl sites for hydroxylation is 3. The zero-order valence-electron chi connectivity index (χ0n) is 14.9. The average Bonchev–Trinajstić information content (AvgIpc) is 3.05. The highest BCUT2D eigenvalue weighted by atomic mass is 16.5. The fraction of sp³-hybridized carbons (Fsp3) is 0.421. The predicted molar refractivity (Wildman–Crippen MR) is 98.1 cm³/mol. The highest BCUT2D eigenvalue weighted by Crippen LogP contribution is 2.16. The number of aromatic nitrogens is 2. The van der Waals surface area contributed by atoms with Gasteiger partial charge in [0.25, 0.3) is 5.91 Å². The Bertz CT molecular complexity index is 750. The van der Waals surface area contributed by atoms with Crippen molar-refractivity contribution in [1.82, 2.24) is 9.97 Å². The summed E-state index contributed by atoms with van der Waals surface area (Å²) in [5.41, 5.74) is 4.07. The molecule has 0 spiro atoms. The molecule has 6 heteroatoms. The number of rotatable bonds is 5. The van der Waals surface area contributed by atoms with Gasteiger partial charge in [0.05, 0.1) is 6.10 Å². The van der Waals surface area contributed by atoms with Crippen LogP contribution in [0.4, 0.5) is 11.6 Å². The second-order valence-electron chi connectivity index (χ2n) is 6.56. The largest absolute Gasteiger partial charge is 0.376 e. The SMILES string of the molecule is Cc1cc(C)cc(NC(=O)c2cc(C)nc(NCC3CCCO3)n2)c1. The summed E-state index contributed by atoms with van der Waals surface area (Å²) >= 11 is 0. The highest BCUT2D eigenvalue weighted by molar-refractivity contribution is 6.03. The zero-order chi connectivity index (χ0) is 17.8. The van der Waals surface area contributed by atoms with Crippen LogP contribution >= 0.6 is 0 Å². The van der Waals surface area contributed by atoms with Gasteiger partial charge in [0.15, 0.2) is 0 Å². The van der Waals surface area contributed by atoms with Gasteiger partial charge < -0.3 is 15.4 Å². The Kier molecular flexibility index (Phi) is 5.28. The molecule has 25 heavy (non-hydrogen) atoms. The third-order valence-electron chi connectivity index (χ3n) is 4.08. The number of nitrogens with one attached hydrogen (secondary N) is 2. The number of carbonyl (C=O) groups is 1. The van der Waals surface area contributed by atoms with Crippen LogP contribution in [0.5, 0.6) is 0 Å². The van der Waals surface area contributed by atoms with Crippen molar-refractivity contribution < 1.29 is 9.53 Å². The quantitative estimate of drug-likeness (QED) is 0.874. The summed E-state index contributed by atoms with van der Waals surface area (Å²) < 4.78 is 5.59. The molecule has 2 N–H and O–H groups in total. The summed E-state index contributed by atoms with van der Waals surface area (Å²) in [6.07, 6.45) is 2.32. The molecule has 3 rings (SSSR count). The lowest BCUT2D eigenvalue weighted by Crippen LogP contribution is -2.21. The van der Waals surface area contributed by atoms with Gasteiger partial charge in [-0.25, -0.2) is 9.97 Å². The summed E-state index contributed by atoms with van der Waals surface area (Å²) in [4.78, 5) is 21.2. The molecule has 0 radical (unpaired) electrons. The second kappa shape index (κ2) is 7.61. The molecule has 1 aromatic carbocycles. The predicted octanol–water partition coefficient (Wildman–Crippen LogP) is 3.25. The van der Waals surface area contributed by atoms with E-state index < -0.39 is 0 Å². The number of carbonyl (C=O) groups excluding carboxylic acids is 1. The topological polar surface area (TPSA) is 76.1 Å². The van der Waals surface area contributed by atoms with Gasteiger partial charge in [-0.3, -0.25) is 4.79 Å². The molecule has 2 aromatic rings. The first-order valence-corrected chi connectivity index (χ1v) is 8.60. The van der Waals surface area contributed by atoms with Crippen LogP contribution in [0.3, 0.4) is 0 Å². The first-order valence-electron chi connectivity index (χ1n) is 8.60. The van der Waals surface area contributed by atoms with Crippen LogP contribution in [-0.2, 0) is 4.74 Å². The molecule has 1 unspecified atom stereocenters. The molecule has 0 aliphatic carbocycles. The number of amides is 1. The molecule has 1 aliphatic rings. The Labute approximate surface area is 148 Å². The summed E-state index contributed by atoms with van der Waals surface area (Å²) in [6.45, 7) is 7.33. The smallest absolute Gasteiger partial charge is 0.274 e. The van der Waals surface area contributed by atoms with E-state index in [1.54, 1.807) is 6.07 Å². The third-order valence-corrected chi connectivity index (χ3v) is 4.08. The van der Waals surface area contributed by atoms with Gasteiger partial charge in [-0.15, -0.1) is 0 Å². The van der Waals surface area contributed by atoms with E-state index >= 15 is 0 Å². The van der Waals surface area contributed by atoms with Crippen molar-refractivity contribution in [1.29, 1.82) is 0 Å². The van der Waals surface area contributed by atoms with Gasteiger partial charge in [-0.1, -0.05) is 6.07 Å². The van der Waals surface area contributed by atoms with E-state index in [0.717, 1.165) is 42.0 Å². The Morgan fingerprint density at radius 2 is 1.92 bits per heavy atom. The molecular weight excluding hydrogens is 316 g/mol. The number of nitrogens with zero attached hydrogens (tertiary/aromatic N) is 2. The van der Waals surface area contributed by atoms with Crippen LogP contribution in [0.2, 0.25) is 0 Å². The molecule has 6 nitrogen and oxygen atoms in total. The Hall–Kier alpha value is -2.47. The molecule has 1 aliphatic heterocycles. The van der Waals surface area contributed by atoms with Gasteiger partial charge in [0, 0.05) is 24.5 Å². The second-order valence-corrected chi connectivity index (χ2v) is 6.56. The van der Waals surface area contributed by atoms with Crippen molar-refractivity contribution in [3.63, 3.8) is 0 Å². The number of ether oxygens (including phenoxy) is 1. The normalized spacial score (nSPS) is 16.7. The molecule has 1 fully saturated rings. The van der Waals surface area contributed by atoms with Gasteiger partial charge in [-0.2, -0.15) is 0 Å². The van der Waals surface area contributed by atoms with E-state index in [1.807, 2.05) is 32.9 Å². The lowest BCUT2D eigenvalue weighted by Gasteiger charge is -2.12. The molecular formula is C19H24N4O2. The van der Waals surface area contributed by atoms with E-state index in [-0.39, 0.29) is 12.0 Å². The van der Waals surface area contributed by atoms with E-state index in [9.17, 15) is 4.79 Å². The standard InChI is InChI=1S/C19H24N4O2/c1-12-7-13(2)9-15(8-12)22-18(24)17-10-14(3)21-19(23-17)20-11-16-5-4-6-25-16/h7-10,16H,4-6,11H2,1-3H3,(H,22,24)(H,20,21,23). The van der Waals surface area contributed by atoms with Gasteiger partial charge >= 0.3 is 0 Å². The molecule has 132 valence electrons. The van der Waals surface area contributed by atoms with E-state index in [1.165, 1.54) is 0 Å². The van der Waals surface area contributed by atoms with Crippen molar-refractivity contribution in [2.75, 3.05) is 23.8 Å². The maximum atomic E-state index is 12.5. The summed E-state index contributed by atoms with van der Waals surface area (Å²) in [5.74, 6) is 0.219. The van der Waals surface area contributed by atoms with Crippen molar-refractivity contribution in [3.05, 3.63) is 46.8 Å². The maximum Gasteiger partial charge on any atom is 0.274 e. The molecule has 1 atom stereocenters. The monoisotopic (exact) mass is 340 g/mol. The summed E-state index contributed by atoms with van der Waals surface area (Å²) in [6, 6.07) is 7.64. The van der Waals surface area contributed by atoms with Gasteiger partial charge in [-0.05, 0) is 62.9 Å². The summed E-state index contributed by atoms with van der Waals surface area (Å²) in [7, 11) is 0. The molecule has 1 aromatic heterocycles. The van der Waals surface area contributed by atoms with E-state index in [2.05, 4.69) is 26.7 Å². The first kappa shape index (κ1) is 17.4. The van der Waals surface area contributed by atoms with Crippen LogP contribution in [0.25, 0.3) is 0 Å². The lowest BCUT2D eigenvalue weighted by molar-refractivity contribution is 0.102. The van der Waals surface area contributed by atoms with E-state index in [4.69, 9.17) is 4.74 Å². The third kappa shape index (κ3) is 4.76. The maximum absolute atomic E-state index is 12.5. The minimum absolute atomic E-state index is 0.191. The molecule has 0 bridgehead atoms. The van der Waals surface area contributed by atoms with Crippen LogP contribution in [0.15, 0.2) is 24.3 Å². The highest BCUT2D eigenvalue weighted by Gasteiger charge is 2.16. The van der Waals surface area contributed by atoms with Crippen molar-refractivity contribution in [2.24, 2.45) is 0 Å². The van der Waals surface area contributed by atoms with Crippen molar-refractivity contribution >= 4 is 17.5 Å².